The number of phenols is 1. The summed E-state index contributed by atoms with van der Waals surface area (Å²) in [4.78, 5) is 19.8. The number of carbonyl (C=O) groups is 1. The van der Waals surface area contributed by atoms with Crippen molar-refractivity contribution in [3.05, 3.63) is 28.8 Å². The molecule has 8 nitrogen and oxygen atoms in total. The molecule has 2 aliphatic heterocycles. The quantitative estimate of drug-likeness (QED) is 0.493. The van der Waals surface area contributed by atoms with Crippen LogP contribution < -0.4 is 0 Å². The van der Waals surface area contributed by atoms with Crippen molar-refractivity contribution in [3.8, 4) is 5.75 Å². The van der Waals surface area contributed by atoms with Gasteiger partial charge in [0.1, 0.15) is 18.4 Å². The first-order valence-corrected chi connectivity index (χ1v) is 8.60. The van der Waals surface area contributed by atoms with E-state index >= 15 is 0 Å². The van der Waals surface area contributed by atoms with E-state index in [9.17, 15) is 9.90 Å². The van der Waals surface area contributed by atoms with E-state index in [1.54, 1.807) is 30.2 Å². The predicted molar refractivity (Wildman–Crippen MR) is 102 cm³/mol. The van der Waals surface area contributed by atoms with Gasteiger partial charge in [0, 0.05) is 5.56 Å². The molecule has 1 aromatic rings. The van der Waals surface area contributed by atoms with Gasteiger partial charge >= 0.3 is 0 Å². The topological polar surface area (TPSA) is 84.1 Å². The van der Waals surface area contributed by atoms with E-state index in [-0.39, 0.29) is 16.7 Å². The number of hydrazone groups is 1. The smallest absolute Gasteiger partial charge is 0.153 e. The molecule has 2 heterocycles. The molecular weight excluding hydrogens is 332 g/mol. The van der Waals surface area contributed by atoms with Gasteiger partial charge in [0.2, 0.25) is 0 Å². The molecule has 0 fully saturated rings. The van der Waals surface area contributed by atoms with Gasteiger partial charge < -0.3 is 5.11 Å². The van der Waals surface area contributed by atoms with Crippen LogP contribution in [0.5, 0.6) is 5.75 Å². The Morgan fingerprint density at radius 2 is 1.69 bits per heavy atom. The zero-order chi connectivity index (χ0) is 18.7. The summed E-state index contributed by atoms with van der Waals surface area (Å²) in [5.74, 6) is -0.0677. The third kappa shape index (κ3) is 3.68. The lowest BCUT2D eigenvalue weighted by Gasteiger charge is -2.33. The van der Waals surface area contributed by atoms with Crippen LogP contribution in [-0.4, -0.2) is 71.7 Å². The molecule has 0 unspecified atom stereocenters. The number of hydrazine groups is 2. The van der Waals surface area contributed by atoms with Crippen molar-refractivity contribution in [1.82, 2.24) is 15.2 Å². The Morgan fingerprint density at radius 1 is 1.12 bits per heavy atom. The van der Waals surface area contributed by atoms with Crippen LogP contribution in [0.15, 0.2) is 27.2 Å². The molecular formula is C18H24N6O2. The zero-order valence-electron chi connectivity index (χ0n) is 15.3. The van der Waals surface area contributed by atoms with Crippen molar-refractivity contribution in [1.29, 1.82) is 0 Å². The van der Waals surface area contributed by atoms with Crippen molar-refractivity contribution >= 4 is 25.2 Å². The highest BCUT2D eigenvalue weighted by molar-refractivity contribution is 5.90. The molecule has 26 heavy (non-hydrogen) atoms. The number of nitrogens with zero attached hydrogens (tertiary/aromatic N) is 6. The summed E-state index contributed by atoms with van der Waals surface area (Å²) in [5, 5.41) is 20.3. The molecule has 2 aliphatic rings. The van der Waals surface area contributed by atoms with Crippen molar-refractivity contribution < 1.29 is 9.90 Å². The minimum absolute atomic E-state index is 0.0677. The Kier molecular flexibility index (Phi) is 4.92. The predicted octanol–water partition coefficient (Wildman–Crippen LogP) is 1.66. The van der Waals surface area contributed by atoms with E-state index in [1.807, 2.05) is 16.1 Å². The number of hydrogen-bond acceptors (Lipinski definition) is 8. The largest absolute Gasteiger partial charge is 0.507 e. The van der Waals surface area contributed by atoms with Gasteiger partial charge in [-0.25, -0.2) is 10.0 Å². The Bertz CT molecular complexity index is 744. The number of hydrogen-bond donors (Lipinski definition) is 1. The van der Waals surface area contributed by atoms with E-state index in [4.69, 9.17) is 0 Å². The number of aliphatic imine (C=N–C) groups is 2. The second-order valence-corrected chi connectivity index (χ2v) is 7.25. The van der Waals surface area contributed by atoms with Crippen molar-refractivity contribution in [2.24, 2.45) is 15.1 Å². The third-order valence-corrected chi connectivity index (χ3v) is 4.27. The van der Waals surface area contributed by atoms with Crippen LogP contribution in [0.3, 0.4) is 0 Å². The summed E-state index contributed by atoms with van der Waals surface area (Å²) in [5.41, 5.74) is 1.56. The summed E-state index contributed by atoms with van der Waals surface area (Å²) in [6, 6.07) is 3.58. The molecule has 0 aliphatic carbocycles. The van der Waals surface area contributed by atoms with E-state index < -0.39 is 0 Å². The average molecular weight is 356 g/mol. The first-order valence-electron chi connectivity index (χ1n) is 8.60. The number of rotatable bonds is 5. The molecule has 8 heteroatoms. The first-order chi connectivity index (χ1) is 12.4. The maximum absolute atomic E-state index is 11.3. The van der Waals surface area contributed by atoms with Gasteiger partial charge in [-0.15, -0.1) is 10.3 Å². The fraction of sp³-hybridized carbons (Fsp3) is 0.444. The van der Waals surface area contributed by atoms with Gasteiger partial charge in [0.25, 0.3) is 0 Å². The number of phenolic OH excluding ortho intramolecular Hbond substituents is 1. The highest BCUT2D eigenvalue weighted by Gasteiger charge is 2.22. The number of aromatic hydroxyl groups is 1. The molecule has 0 radical (unpaired) electrons. The highest BCUT2D eigenvalue weighted by Crippen LogP contribution is 2.29. The van der Waals surface area contributed by atoms with Crippen molar-refractivity contribution in [3.63, 3.8) is 0 Å². The lowest BCUT2D eigenvalue weighted by Crippen LogP contribution is -2.47. The number of benzene rings is 1. The van der Waals surface area contributed by atoms with E-state index in [0.717, 1.165) is 18.7 Å². The van der Waals surface area contributed by atoms with Crippen LogP contribution >= 0.6 is 0 Å². The number of aldehydes is 1. The molecule has 0 amide bonds. The van der Waals surface area contributed by atoms with Crippen LogP contribution in [0.2, 0.25) is 0 Å². The molecule has 0 spiro atoms. The zero-order valence-corrected chi connectivity index (χ0v) is 15.3. The van der Waals surface area contributed by atoms with Gasteiger partial charge in [0.15, 0.2) is 6.29 Å². The van der Waals surface area contributed by atoms with Gasteiger partial charge in [-0.3, -0.25) is 14.8 Å². The Labute approximate surface area is 153 Å². The lowest BCUT2D eigenvalue weighted by molar-refractivity contribution is -0.0840. The maximum atomic E-state index is 11.3. The SMILES string of the molecule is CC(C)(C)c1cc(C=O)c(O)c(C=NN(N2C=NCC2)N2C=NCC2)c1. The second kappa shape index (κ2) is 7.15. The molecule has 0 saturated heterocycles. The summed E-state index contributed by atoms with van der Waals surface area (Å²) >= 11 is 0. The van der Waals surface area contributed by atoms with Gasteiger partial charge in [0.05, 0.1) is 38.0 Å². The van der Waals surface area contributed by atoms with Crippen LogP contribution in [-0.2, 0) is 5.41 Å². The summed E-state index contributed by atoms with van der Waals surface area (Å²) in [6.45, 7) is 9.02. The minimum atomic E-state index is -0.156. The Hall–Kier alpha value is -2.90. The Morgan fingerprint density at radius 3 is 2.15 bits per heavy atom. The highest BCUT2D eigenvalue weighted by atomic mass is 16.3. The summed E-state index contributed by atoms with van der Waals surface area (Å²) in [7, 11) is 0. The molecule has 0 bridgehead atoms. The molecule has 1 aromatic carbocycles. The lowest BCUT2D eigenvalue weighted by atomic mass is 9.85. The second-order valence-electron chi connectivity index (χ2n) is 7.25. The van der Waals surface area contributed by atoms with Crippen molar-refractivity contribution in [2.75, 3.05) is 26.2 Å². The van der Waals surface area contributed by atoms with E-state index in [2.05, 4.69) is 35.9 Å². The molecule has 3 rings (SSSR count). The molecule has 0 aromatic heterocycles. The average Bonchev–Trinajstić information content (AvgIpc) is 3.29. The van der Waals surface area contributed by atoms with Crippen LogP contribution in [0.4, 0.5) is 0 Å². The minimum Gasteiger partial charge on any atom is -0.507 e. The third-order valence-electron chi connectivity index (χ3n) is 4.27. The van der Waals surface area contributed by atoms with Gasteiger partial charge in [-0.2, -0.15) is 0 Å². The van der Waals surface area contributed by atoms with Crippen LogP contribution in [0, 0.1) is 0 Å². The number of carbonyl (C=O) groups excluding carboxylic acids is 1. The fourth-order valence-corrected chi connectivity index (χ4v) is 2.71. The monoisotopic (exact) mass is 356 g/mol. The maximum Gasteiger partial charge on any atom is 0.153 e. The fourth-order valence-electron chi connectivity index (χ4n) is 2.71. The summed E-state index contributed by atoms with van der Waals surface area (Å²) < 4.78 is 0. The van der Waals surface area contributed by atoms with Crippen molar-refractivity contribution in [2.45, 2.75) is 26.2 Å². The van der Waals surface area contributed by atoms with Crippen LogP contribution in [0.1, 0.15) is 42.3 Å². The van der Waals surface area contributed by atoms with Crippen LogP contribution in [0.25, 0.3) is 0 Å². The molecule has 0 saturated carbocycles. The molecule has 138 valence electrons. The standard InChI is InChI=1S/C18H24N6O2/c1-18(2,3)16-8-14(17(26)15(9-16)11-25)10-21-24(22-6-4-19-12-22)23-7-5-20-13-23/h8-13,26H,4-7H2,1-3H3. The van der Waals surface area contributed by atoms with Gasteiger partial charge in [-0.05, 0) is 23.1 Å². The van der Waals surface area contributed by atoms with Gasteiger partial charge in [-0.1, -0.05) is 20.8 Å². The normalized spacial score (nSPS) is 16.9. The summed E-state index contributed by atoms with van der Waals surface area (Å²) in [6.07, 6.45) is 5.69. The first kappa shape index (κ1) is 17.9. The van der Waals surface area contributed by atoms with E-state index in [0.29, 0.717) is 24.9 Å². The Balaban J connectivity index is 1.95. The molecule has 1 N–H and O–H groups in total. The molecule has 0 atom stereocenters. The van der Waals surface area contributed by atoms with E-state index in [1.165, 1.54) is 0 Å².